The van der Waals surface area contributed by atoms with E-state index >= 15 is 0 Å². The van der Waals surface area contributed by atoms with E-state index in [2.05, 4.69) is 5.32 Å². The molecule has 0 aliphatic carbocycles. The van der Waals surface area contributed by atoms with Gasteiger partial charge in [-0.3, -0.25) is 0 Å². The molecule has 1 rings (SSSR count). The summed E-state index contributed by atoms with van der Waals surface area (Å²) in [6.45, 7) is 3.94. The fourth-order valence-corrected chi connectivity index (χ4v) is 2.24. The van der Waals surface area contributed by atoms with Gasteiger partial charge in [0.15, 0.2) is 11.5 Å². The number of methoxy groups -OCH3 is 3. The number of likely N-dealkylation sites (N-methyl/N-ethyl adjacent to an activating group) is 1. The van der Waals surface area contributed by atoms with Gasteiger partial charge in [0.25, 0.3) is 0 Å². The third-order valence-corrected chi connectivity index (χ3v) is 3.05. The fourth-order valence-electron chi connectivity index (χ4n) is 2.24. The molecule has 0 aliphatic heterocycles. The lowest BCUT2D eigenvalue weighted by atomic mass is 9.89. The number of hydrogen-bond donors (Lipinski definition) is 2. The summed E-state index contributed by atoms with van der Waals surface area (Å²) >= 11 is 0. The lowest BCUT2D eigenvalue weighted by molar-refractivity contribution is 0.319. The summed E-state index contributed by atoms with van der Waals surface area (Å²) in [5.74, 6) is 1.83. The van der Waals surface area contributed by atoms with E-state index in [0.29, 0.717) is 17.2 Å². The van der Waals surface area contributed by atoms with Gasteiger partial charge in [-0.05, 0) is 38.6 Å². The van der Waals surface area contributed by atoms with Gasteiger partial charge in [-0.2, -0.15) is 0 Å². The number of nitrogens with one attached hydrogen (secondary N) is 1. The zero-order valence-electron chi connectivity index (χ0n) is 12.5. The molecule has 108 valence electrons. The van der Waals surface area contributed by atoms with Gasteiger partial charge in [-0.15, -0.1) is 0 Å². The molecule has 0 aromatic heterocycles. The topological polar surface area (TPSA) is 65.7 Å². The monoisotopic (exact) mass is 268 g/mol. The normalized spacial score (nSPS) is 13.0. The molecule has 0 saturated heterocycles. The predicted octanol–water partition coefficient (Wildman–Crippen LogP) is 1.71. The van der Waals surface area contributed by atoms with Gasteiger partial charge in [-0.25, -0.2) is 0 Å². The van der Waals surface area contributed by atoms with E-state index in [9.17, 15) is 0 Å². The first kappa shape index (κ1) is 15.6. The Bertz CT molecular complexity index is 402. The summed E-state index contributed by atoms with van der Waals surface area (Å²) in [5, 5.41) is 3.22. The van der Waals surface area contributed by atoms with Crippen LogP contribution >= 0.6 is 0 Å². The van der Waals surface area contributed by atoms with E-state index in [4.69, 9.17) is 19.9 Å². The summed E-state index contributed by atoms with van der Waals surface area (Å²) < 4.78 is 16.0. The smallest absolute Gasteiger partial charge is 0.203 e. The Labute approximate surface area is 115 Å². The van der Waals surface area contributed by atoms with E-state index in [1.807, 2.05) is 33.0 Å². The molecule has 5 heteroatoms. The van der Waals surface area contributed by atoms with Crippen LogP contribution in [0.2, 0.25) is 0 Å². The molecular formula is C14H24N2O3. The van der Waals surface area contributed by atoms with Gasteiger partial charge in [0.2, 0.25) is 5.75 Å². The van der Waals surface area contributed by atoms with Gasteiger partial charge in [0, 0.05) is 11.6 Å². The second-order valence-corrected chi connectivity index (χ2v) is 5.00. The summed E-state index contributed by atoms with van der Waals surface area (Å²) in [6, 6.07) is 3.80. The molecule has 3 N–H and O–H groups in total. The van der Waals surface area contributed by atoms with Crippen molar-refractivity contribution in [1.29, 1.82) is 0 Å². The van der Waals surface area contributed by atoms with Crippen molar-refractivity contribution in [2.24, 2.45) is 5.73 Å². The molecule has 19 heavy (non-hydrogen) atoms. The van der Waals surface area contributed by atoms with Crippen LogP contribution < -0.4 is 25.3 Å². The Hall–Kier alpha value is -1.46. The molecule has 1 aromatic rings. The van der Waals surface area contributed by atoms with E-state index in [1.54, 1.807) is 21.3 Å². The number of rotatable bonds is 6. The van der Waals surface area contributed by atoms with E-state index < -0.39 is 5.54 Å². The van der Waals surface area contributed by atoms with Crippen LogP contribution in [-0.2, 0) is 0 Å². The minimum atomic E-state index is -0.417. The van der Waals surface area contributed by atoms with Crippen molar-refractivity contribution in [2.75, 3.05) is 28.4 Å². The van der Waals surface area contributed by atoms with Crippen LogP contribution in [-0.4, -0.2) is 33.9 Å². The molecule has 0 fully saturated rings. The second-order valence-electron chi connectivity index (χ2n) is 5.00. The predicted molar refractivity (Wildman–Crippen MR) is 76.2 cm³/mol. The molecule has 5 nitrogen and oxygen atoms in total. The highest BCUT2D eigenvalue weighted by Crippen LogP contribution is 2.40. The lowest BCUT2D eigenvalue weighted by Crippen LogP contribution is -2.45. The first-order valence-corrected chi connectivity index (χ1v) is 6.15. The van der Waals surface area contributed by atoms with Crippen LogP contribution in [0.25, 0.3) is 0 Å². The minimum absolute atomic E-state index is 0.0267. The maximum absolute atomic E-state index is 6.20. The molecular weight excluding hydrogens is 244 g/mol. The summed E-state index contributed by atoms with van der Waals surface area (Å²) in [6.07, 6.45) is 0. The zero-order chi connectivity index (χ0) is 14.6. The van der Waals surface area contributed by atoms with Crippen molar-refractivity contribution < 1.29 is 14.2 Å². The zero-order valence-corrected chi connectivity index (χ0v) is 12.5. The number of hydrogen-bond acceptors (Lipinski definition) is 5. The van der Waals surface area contributed by atoms with Crippen LogP contribution in [0.1, 0.15) is 25.5 Å². The molecule has 1 aromatic carbocycles. The van der Waals surface area contributed by atoms with Gasteiger partial charge in [0.1, 0.15) is 0 Å². The lowest BCUT2D eigenvalue weighted by Gasteiger charge is -2.31. The van der Waals surface area contributed by atoms with Crippen LogP contribution in [0.5, 0.6) is 17.2 Å². The molecule has 0 saturated carbocycles. The van der Waals surface area contributed by atoms with Crippen LogP contribution in [0, 0.1) is 0 Å². The Kier molecular flexibility index (Phi) is 5.03. The average molecular weight is 268 g/mol. The maximum atomic E-state index is 6.20. The second kappa shape index (κ2) is 6.12. The molecule has 0 heterocycles. The molecule has 0 radical (unpaired) electrons. The average Bonchev–Trinajstić information content (AvgIpc) is 2.36. The molecule has 1 atom stereocenters. The summed E-state index contributed by atoms with van der Waals surface area (Å²) in [5.41, 5.74) is 6.77. The summed E-state index contributed by atoms with van der Waals surface area (Å²) in [7, 11) is 6.66. The minimum Gasteiger partial charge on any atom is -0.493 e. The van der Waals surface area contributed by atoms with Crippen LogP contribution in [0.4, 0.5) is 0 Å². The highest BCUT2D eigenvalue weighted by Gasteiger charge is 2.27. The SMILES string of the molecule is CNC(c1cc(OC)c(OC)c(OC)c1)C(C)(C)N. The Morgan fingerprint density at radius 3 is 1.79 bits per heavy atom. The first-order valence-electron chi connectivity index (χ1n) is 6.15. The van der Waals surface area contributed by atoms with Crippen molar-refractivity contribution in [2.45, 2.75) is 25.4 Å². The molecule has 1 unspecified atom stereocenters. The van der Waals surface area contributed by atoms with Gasteiger partial charge >= 0.3 is 0 Å². The molecule has 0 spiro atoms. The summed E-state index contributed by atoms with van der Waals surface area (Å²) in [4.78, 5) is 0. The van der Waals surface area contributed by atoms with Crippen LogP contribution in [0.3, 0.4) is 0 Å². The Morgan fingerprint density at radius 1 is 1.05 bits per heavy atom. The highest BCUT2D eigenvalue weighted by molar-refractivity contribution is 5.54. The van der Waals surface area contributed by atoms with E-state index in [-0.39, 0.29) is 6.04 Å². The third kappa shape index (κ3) is 3.30. The maximum Gasteiger partial charge on any atom is 0.203 e. The highest BCUT2D eigenvalue weighted by atomic mass is 16.5. The van der Waals surface area contributed by atoms with Gasteiger partial charge in [0.05, 0.1) is 21.3 Å². The Balaban J connectivity index is 3.37. The van der Waals surface area contributed by atoms with E-state index in [1.165, 1.54) is 0 Å². The van der Waals surface area contributed by atoms with Crippen molar-refractivity contribution in [3.05, 3.63) is 17.7 Å². The molecule has 0 aliphatic rings. The van der Waals surface area contributed by atoms with E-state index in [0.717, 1.165) is 5.56 Å². The van der Waals surface area contributed by atoms with Crippen molar-refractivity contribution in [1.82, 2.24) is 5.32 Å². The van der Waals surface area contributed by atoms with Crippen LogP contribution in [0.15, 0.2) is 12.1 Å². The quantitative estimate of drug-likeness (QED) is 0.822. The van der Waals surface area contributed by atoms with Crippen molar-refractivity contribution in [3.63, 3.8) is 0 Å². The number of benzene rings is 1. The van der Waals surface area contributed by atoms with Crippen molar-refractivity contribution in [3.8, 4) is 17.2 Å². The number of ether oxygens (including phenoxy) is 3. The Morgan fingerprint density at radius 2 is 1.53 bits per heavy atom. The third-order valence-electron chi connectivity index (χ3n) is 3.05. The number of nitrogens with two attached hydrogens (primary N) is 1. The van der Waals surface area contributed by atoms with Crippen molar-refractivity contribution >= 4 is 0 Å². The van der Waals surface area contributed by atoms with Gasteiger partial charge in [-0.1, -0.05) is 0 Å². The largest absolute Gasteiger partial charge is 0.493 e. The molecule has 0 amide bonds. The standard InChI is InChI=1S/C14H24N2O3/c1-14(2,15)13(16-3)9-7-10(17-4)12(19-6)11(8-9)18-5/h7-8,13,16H,15H2,1-6H3. The first-order chi connectivity index (χ1) is 8.88. The fraction of sp³-hybridized carbons (Fsp3) is 0.571. The van der Waals surface area contributed by atoms with Gasteiger partial charge < -0.3 is 25.3 Å². The molecule has 0 bridgehead atoms.